The van der Waals surface area contributed by atoms with Gasteiger partial charge in [-0.25, -0.2) is 0 Å². The molecule has 0 amide bonds. The molecule has 0 aliphatic carbocycles. The number of benzene rings is 2. The van der Waals surface area contributed by atoms with Crippen LogP contribution >= 0.6 is 11.8 Å². The zero-order valence-corrected chi connectivity index (χ0v) is 12.5. The molecule has 0 radical (unpaired) electrons. The van der Waals surface area contributed by atoms with Crippen LogP contribution in [-0.4, -0.2) is 12.5 Å². The van der Waals surface area contributed by atoms with Gasteiger partial charge in [-0.2, -0.15) is 0 Å². The van der Waals surface area contributed by atoms with Gasteiger partial charge < -0.3 is 14.8 Å². The highest BCUT2D eigenvalue weighted by Crippen LogP contribution is 2.38. The zero-order valence-electron chi connectivity index (χ0n) is 11.7. The molecular weight excluding hydrogens is 282 g/mol. The molecule has 2 aromatic rings. The van der Waals surface area contributed by atoms with Crippen molar-refractivity contribution in [2.45, 2.75) is 23.9 Å². The van der Waals surface area contributed by atoms with E-state index in [-0.39, 0.29) is 0 Å². The lowest BCUT2D eigenvalue weighted by Gasteiger charge is -2.26. The molecule has 21 heavy (non-hydrogen) atoms. The predicted octanol–water partition coefficient (Wildman–Crippen LogP) is 3.74. The maximum atomic E-state index is 5.57. The van der Waals surface area contributed by atoms with Crippen LogP contribution in [0.4, 0.5) is 0 Å². The second-order valence-corrected chi connectivity index (χ2v) is 6.40. The maximum absolute atomic E-state index is 5.57. The Morgan fingerprint density at radius 1 is 1.10 bits per heavy atom. The summed E-state index contributed by atoms with van der Waals surface area (Å²) in [4.78, 5) is 1.40. The quantitative estimate of drug-likeness (QED) is 0.935. The number of rotatable bonds is 3. The molecule has 0 fully saturated rings. The first-order chi connectivity index (χ1) is 10.4. The molecule has 0 bridgehead atoms. The lowest BCUT2D eigenvalue weighted by atomic mass is 10.0. The second kappa shape index (κ2) is 5.62. The van der Waals surface area contributed by atoms with Gasteiger partial charge in [-0.15, -0.1) is 11.8 Å². The van der Waals surface area contributed by atoms with Crippen LogP contribution in [0.2, 0.25) is 0 Å². The molecule has 4 rings (SSSR count). The van der Waals surface area contributed by atoms with Crippen molar-refractivity contribution in [1.29, 1.82) is 0 Å². The first-order valence-electron chi connectivity index (χ1n) is 7.24. The van der Waals surface area contributed by atoms with E-state index in [1.807, 2.05) is 23.9 Å². The summed E-state index contributed by atoms with van der Waals surface area (Å²) in [5.74, 6) is 2.92. The number of thioether (sulfide) groups is 1. The summed E-state index contributed by atoms with van der Waals surface area (Å²) in [7, 11) is 0. The second-order valence-electron chi connectivity index (χ2n) is 5.26. The molecule has 0 aromatic heterocycles. The lowest BCUT2D eigenvalue weighted by Crippen LogP contribution is -2.24. The molecule has 2 aromatic carbocycles. The Bertz CT molecular complexity index is 659. The molecule has 0 spiro atoms. The molecule has 0 saturated heterocycles. The maximum Gasteiger partial charge on any atom is 0.231 e. The molecule has 3 nitrogen and oxygen atoms in total. The summed E-state index contributed by atoms with van der Waals surface area (Å²) >= 11 is 1.95. The van der Waals surface area contributed by atoms with Crippen LogP contribution in [0.15, 0.2) is 47.4 Å². The van der Waals surface area contributed by atoms with E-state index < -0.39 is 0 Å². The fourth-order valence-corrected chi connectivity index (χ4v) is 4.04. The number of fused-ring (bicyclic) bond motifs is 2. The van der Waals surface area contributed by atoms with Crippen molar-refractivity contribution in [3.8, 4) is 11.5 Å². The third-order valence-electron chi connectivity index (χ3n) is 3.98. The Kier molecular flexibility index (Phi) is 3.49. The molecule has 4 heteroatoms. The number of ether oxygens (including phenoxy) is 2. The van der Waals surface area contributed by atoms with Gasteiger partial charge in [0.1, 0.15) is 0 Å². The minimum atomic E-state index is 0.329. The standard InChI is InChI=1S/C17H17NO2S/c1-2-7-16-13(5-1)14(8-9-21-16)18-10-12-4-3-6-15-17(12)20-11-19-15/h1-7,14,18H,8-11H2/t14-/m0/s1. The highest BCUT2D eigenvalue weighted by Gasteiger charge is 2.21. The van der Waals surface area contributed by atoms with Crippen LogP contribution in [-0.2, 0) is 6.54 Å². The Morgan fingerprint density at radius 2 is 2.05 bits per heavy atom. The van der Waals surface area contributed by atoms with Gasteiger partial charge in [0.25, 0.3) is 0 Å². The number of hydrogen-bond acceptors (Lipinski definition) is 4. The third kappa shape index (κ3) is 2.49. The van der Waals surface area contributed by atoms with Gasteiger partial charge in [-0.3, -0.25) is 0 Å². The highest BCUT2D eigenvalue weighted by atomic mass is 32.2. The molecular formula is C17H17NO2S. The van der Waals surface area contributed by atoms with Crippen LogP contribution < -0.4 is 14.8 Å². The summed E-state index contributed by atoms with van der Waals surface area (Å²) in [5, 5.41) is 3.67. The third-order valence-corrected chi connectivity index (χ3v) is 5.10. The Morgan fingerprint density at radius 3 is 3.05 bits per heavy atom. The van der Waals surface area contributed by atoms with E-state index in [1.54, 1.807) is 0 Å². The van der Waals surface area contributed by atoms with E-state index >= 15 is 0 Å². The topological polar surface area (TPSA) is 30.5 Å². The van der Waals surface area contributed by atoms with Crippen LogP contribution in [0, 0.1) is 0 Å². The molecule has 1 N–H and O–H groups in total. The summed E-state index contributed by atoms with van der Waals surface area (Å²) in [6.07, 6.45) is 1.16. The molecule has 2 aliphatic rings. The number of para-hydroxylation sites is 1. The molecule has 2 heterocycles. The zero-order chi connectivity index (χ0) is 14.1. The van der Waals surface area contributed by atoms with Gasteiger partial charge >= 0.3 is 0 Å². The SMILES string of the molecule is c1cc(CN[C@H]2CCSc3ccccc32)c2c(c1)OCO2. The van der Waals surface area contributed by atoms with E-state index in [9.17, 15) is 0 Å². The van der Waals surface area contributed by atoms with Crippen LogP contribution in [0.25, 0.3) is 0 Å². The molecule has 0 saturated carbocycles. The summed E-state index contributed by atoms with van der Waals surface area (Å²) < 4.78 is 11.0. The van der Waals surface area contributed by atoms with Crippen molar-refractivity contribution in [1.82, 2.24) is 5.32 Å². The monoisotopic (exact) mass is 299 g/mol. The van der Waals surface area contributed by atoms with Gasteiger partial charge in [0.2, 0.25) is 6.79 Å². The van der Waals surface area contributed by atoms with Gasteiger partial charge in [0.05, 0.1) is 0 Å². The Hall–Kier alpha value is -1.65. The van der Waals surface area contributed by atoms with Crippen molar-refractivity contribution < 1.29 is 9.47 Å². The number of nitrogens with one attached hydrogen (secondary N) is 1. The van der Waals surface area contributed by atoms with Crippen LogP contribution in [0.3, 0.4) is 0 Å². The predicted molar refractivity (Wildman–Crippen MR) is 83.9 cm³/mol. The molecule has 1 atom stereocenters. The van der Waals surface area contributed by atoms with Crippen molar-refractivity contribution in [3.05, 3.63) is 53.6 Å². The molecule has 2 aliphatic heterocycles. The van der Waals surface area contributed by atoms with Crippen LogP contribution in [0.5, 0.6) is 11.5 Å². The average Bonchev–Trinajstić information content (AvgIpc) is 3.02. The normalized spacial score (nSPS) is 19.3. The molecule has 108 valence electrons. The smallest absolute Gasteiger partial charge is 0.231 e. The summed E-state index contributed by atoms with van der Waals surface area (Å²) in [6, 6.07) is 15.2. The fraction of sp³-hybridized carbons (Fsp3) is 0.294. The van der Waals surface area contributed by atoms with Crippen LogP contribution in [0.1, 0.15) is 23.6 Å². The summed E-state index contributed by atoms with van der Waals surface area (Å²) in [6.45, 7) is 1.13. The van der Waals surface area contributed by atoms with Crippen molar-refractivity contribution in [2.75, 3.05) is 12.5 Å². The van der Waals surface area contributed by atoms with Gasteiger partial charge in [-0.05, 0) is 29.9 Å². The summed E-state index contributed by atoms with van der Waals surface area (Å²) in [5.41, 5.74) is 2.58. The van der Waals surface area contributed by atoms with Gasteiger partial charge in [-0.1, -0.05) is 30.3 Å². The minimum absolute atomic E-state index is 0.329. The lowest BCUT2D eigenvalue weighted by molar-refractivity contribution is 0.173. The Balaban J connectivity index is 1.52. The first kappa shape index (κ1) is 13.0. The minimum Gasteiger partial charge on any atom is -0.454 e. The Labute approximate surface area is 128 Å². The largest absolute Gasteiger partial charge is 0.454 e. The van der Waals surface area contributed by atoms with Gasteiger partial charge in [0.15, 0.2) is 11.5 Å². The van der Waals surface area contributed by atoms with E-state index in [0.717, 1.165) is 24.5 Å². The highest BCUT2D eigenvalue weighted by molar-refractivity contribution is 7.99. The average molecular weight is 299 g/mol. The van der Waals surface area contributed by atoms with Crippen molar-refractivity contribution >= 4 is 11.8 Å². The van der Waals surface area contributed by atoms with E-state index in [0.29, 0.717) is 12.8 Å². The van der Waals surface area contributed by atoms with E-state index in [4.69, 9.17) is 9.47 Å². The fourth-order valence-electron chi connectivity index (χ4n) is 2.92. The van der Waals surface area contributed by atoms with Gasteiger partial charge in [0, 0.05) is 23.0 Å². The first-order valence-corrected chi connectivity index (χ1v) is 8.23. The van der Waals surface area contributed by atoms with E-state index in [1.165, 1.54) is 21.8 Å². The van der Waals surface area contributed by atoms with E-state index in [2.05, 4.69) is 35.6 Å². The van der Waals surface area contributed by atoms with Crippen molar-refractivity contribution in [2.24, 2.45) is 0 Å². The van der Waals surface area contributed by atoms with Crippen molar-refractivity contribution in [3.63, 3.8) is 0 Å². The number of hydrogen-bond donors (Lipinski definition) is 1. The molecule has 0 unspecified atom stereocenters.